The second-order valence-electron chi connectivity index (χ2n) is 7.63. The fourth-order valence-electron chi connectivity index (χ4n) is 4.16. The number of allylic oxidation sites excluding steroid dienone is 2. The third-order valence-corrected chi connectivity index (χ3v) is 9.81. The predicted molar refractivity (Wildman–Crippen MR) is 117 cm³/mol. The number of benzene rings is 2. The molecule has 0 atom stereocenters. The Morgan fingerprint density at radius 3 is 1.76 bits per heavy atom. The molecule has 1 saturated carbocycles. The number of carbonyl (C=O) groups excluding carboxylic acids is 2. The van der Waals surface area contributed by atoms with Gasteiger partial charge in [-0.15, -0.1) is 0 Å². The summed E-state index contributed by atoms with van der Waals surface area (Å²) in [5.41, 5.74) is 2.62. The van der Waals surface area contributed by atoms with Crippen molar-refractivity contribution < 1.29 is 19.1 Å². The normalized spacial score (nSPS) is 17.2. The summed E-state index contributed by atoms with van der Waals surface area (Å²) in [5, 5.41) is 2.50. The van der Waals surface area contributed by atoms with Gasteiger partial charge in [0.2, 0.25) is 0 Å². The smallest absolute Gasteiger partial charge is 0.323 e. The maximum atomic E-state index is 12.6. The summed E-state index contributed by atoms with van der Waals surface area (Å²) in [4.78, 5) is 25.1. The summed E-state index contributed by atoms with van der Waals surface area (Å²) < 4.78 is 9.92. The molecule has 1 fully saturated rings. The van der Waals surface area contributed by atoms with E-state index in [-0.39, 0.29) is 12.8 Å². The number of hydrogen-bond donors (Lipinski definition) is 0. The van der Waals surface area contributed by atoms with Crippen LogP contribution in [0, 0.1) is 5.41 Å². The molecule has 1 aliphatic rings. The van der Waals surface area contributed by atoms with Crippen molar-refractivity contribution in [2.75, 3.05) is 14.2 Å². The van der Waals surface area contributed by atoms with E-state index in [1.54, 1.807) is 0 Å². The number of methoxy groups -OCH3 is 2. The van der Waals surface area contributed by atoms with Crippen molar-refractivity contribution in [2.24, 2.45) is 5.41 Å². The number of ether oxygens (including phenoxy) is 2. The van der Waals surface area contributed by atoms with Gasteiger partial charge in [0.05, 0.1) is 14.2 Å². The van der Waals surface area contributed by atoms with Crippen LogP contribution in [0.5, 0.6) is 0 Å². The van der Waals surface area contributed by atoms with Crippen LogP contribution in [0.3, 0.4) is 0 Å². The van der Waals surface area contributed by atoms with Gasteiger partial charge in [-0.3, -0.25) is 9.59 Å². The van der Waals surface area contributed by atoms with Crippen LogP contribution in [0.1, 0.15) is 12.8 Å². The highest BCUT2D eigenvalue weighted by Crippen LogP contribution is 2.46. The summed E-state index contributed by atoms with van der Waals surface area (Å²) in [6.07, 6.45) is 0.458. The Bertz CT molecular complexity index is 892. The van der Waals surface area contributed by atoms with Crippen molar-refractivity contribution in [2.45, 2.75) is 19.4 Å². The van der Waals surface area contributed by atoms with E-state index >= 15 is 0 Å². The number of carbonyl (C=O) groups is 2. The van der Waals surface area contributed by atoms with Gasteiger partial charge < -0.3 is 9.47 Å². The Morgan fingerprint density at radius 2 is 1.34 bits per heavy atom. The summed E-state index contributed by atoms with van der Waals surface area (Å²) in [6.45, 7) is 6.45. The van der Waals surface area contributed by atoms with Crippen molar-refractivity contribution in [1.29, 1.82) is 0 Å². The second-order valence-corrected chi connectivity index (χ2v) is 11.5. The molecule has 0 aliphatic heterocycles. The first-order chi connectivity index (χ1) is 13.9. The zero-order valence-corrected chi connectivity index (χ0v) is 18.1. The molecule has 0 heterocycles. The van der Waals surface area contributed by atoms with E-state index in [9.17, 15) is 9.59 Å². The molecule has 0 N–H and O–H groups in total. The van der Waals surface area contributed by atoms with Crippen molar-refractivity contribution in [3.8, 4) is 0 Å². The fraction of sp³-hybridized carbons (Fsp3) is 0.250. The molecule has 0 radical (unpaired) electrons. The first kappa shape index (κ1) is 20.8. The van der Waals surface area contributed by atoms with Gasteiger partial charge >= 0.3 is 11.9 Å². The van der Waals surface area contributed by atoms with Gasteiger partial charge in [-0.1, -0.05) is 101 Å². The van der Waals surface area contributed by atoms with Gasteiger partial charge in [-0.05, 0) is 12.8 Å². The van der Waals surface area contributed by atoms with Crippen LogP contribution in [-0.2, 0) is 19.1 Å². The Labute approximate surface area is 172 Å². The number of esters is 2. The zero-order chi connectivity index (χ0) is 21.1. The molecule has 0 saturated heterocycles. The quantitative estimate of drug-likeness (QED) is 0.435. The Balaban J connectivity index is 2.13. The SMILES string of the molecule is C=C1CC(C(=O)OC)(C(=O)OC)C/C1=C\[Si](C)(c1ccccc1)c1ccccc1. The topological polar surface area (TPSA) is 52.6 Å². The van der Waals surface area contributed by atoms with Crippen LogP contribution < -0.4 is 10.4 Å². The molecule has 150 valence electrons. The molecule has 0 unspecified atom stereocenters. The van der Waals surface area contributed by atoms with Crippen LogP contribution in [0.2, 0.25) is 6.55 Å². The molecule has 4 nitrogen and oxygen atoms in total. The molecule has 2 aromatic carbocycles. The molecule has 0 spiro atoms. The Kier molecular flexibility index (Phi) is 5.89. The van der Waals surface area contributed by atoms with E-state index in [0.717, 1.165) is 11.1 Å². The largest absolute Gasteiger partial charge is 0.468 e. The van der Waals surface area contributed by atoms with Gasteiger partial charge in [-0.2, -0.15) is 0 Å². The van der Waals surface area contributed by atoms with E-state index in [1.165, 1.54) is 24.6 Å². The summed E-state index contributed by atoms with van der Waals surface area (Å²) in [7, 11) is 0.304. The molecule has 2 aromatic rings. The molecule has 29 heavy (non-hydrogen) atoms. The van der Waals surface area contributed by atoms with Gasteiger partial charge in [0.15, 0.2) is 5.41 Å². The zero-order valence-electron chi connectivity index (χ0n) is 17.1. The minimum absolute atomic E-state index is 0.215. The molecule has 0 amide bonds. The Hall–Kier alpha value is -2.92. The minimum atomic E-state index is -2.29. The van der Waals surface area contributed by atoms with E-state index in [1.807, 2.05) is 36.4 Å². The van der Waals surface area contributed by atoms with E-state index in [4.69, 9.17) is 9.47 Å². The third kappa shape index (κ3) is 3.70. The maximum absolute atomic E-state index is 12.6. The lowest BCUT2D eigenvalue weighted by Gasteiger charge is -2.27. The molecule has 1 aliphatic carbocycles. The maximum Gasteiger partial charge on any atom is 0.323 e. The lowest BCUT2D eigenvalue weighted by molar-refractivity contribution is -0.168. The highest BCUT2D eigenvalue weighted by molar-refractivity contribution is 7.05. The van der Waals surface area contributed by atoms with E-state index in [0.29, 0.717) is 0 Å². The van der Waals surface area contributed by atoms with E-state index < -0.39 is 25.4 Å². The summed E-state index contributed by atoms with van der Waals surface area (Å²) in [6, 6.07) is 20.7. The highest BCUT2D eigenvalue weighted by Gasteiger charge is 2.53. The molecular weight excluding hydrogens is 380 g/mol. The third-order valence-electron chi connectivity index (χ3n) is 5.82. The van der Waals surface area contributed by atoms with Crippen LogP contribution in [0.15, 0.2) is 84.1 Å². The van der Waals surface area contributed by atoms with Crippen LogP contribution >= 0.6 is 0 Å². The van der Waals surface area contributed by atoms with Crippen molar-refractivity contribution >= 4 is 30.4 Å². The van der Waals surface area contributed by atoms with Crippen molar-refractivity contribution in [3.63, 3.8) is 0 Å². The standard InChI is InChI=1S/C24H26O4Si/c1-18-15-24(22(25)27-2,23(26)28-3)16-19(18)17-29(4,20-11-7-5-8-12-20)21-13-9-6-10-14-21/h5-14,17H,1,15-16H2,2-4H3/b19-17+. The van der Waals surface area contributed by atoms with Gasteiger partial charge in [0.1, 0.15) is 8.07 Å². The van der Waals surface area contributed by atoms with Crippen molar-refractivity contribution in [1.82, 2.24) is 0 Å². The van der Waals surface area contributed by atoms with Crippen LogP contribution in [0.4, 0.5) is 0 Å². The summed E-state index contributed by atoms with van der Waals surface area (Å²) >= 11 is 0. The van der Waals surface area contributed by atoms with Crippen molar-refractivity contribution in [3.05, 3.63) is 84.1 Å². The molecule has 5 heteroatoms. The van der Waals surface area contributed by atoms with Gasteiger partial charge in [-0.25, -0.2) is 0 Å². The van der Waals surface area contributed by atoms with Crippen LogP contribution in [0.25, 0.3) is 0 Å². The summed E-state index contributed by atoms with van der Waals surface area (Å²) in [5.74, 6) is -1.15. The van der Waals surface area contributed by atoms with E-state index in [2.05, 4.69) is 43.1 Å². The lowest BCUT2D eigenvalue weighted by atomic mass is 9.86. The number of rotatable bonds is 5. The van der Waals surface area contributed by atoms with Gasteiger partial charge in [0, 0.05) is 0 Å². The minimum Gasteiger partial charge on any atom is -0.468 e. The molecule has 3 rings (SSSR count). The average Bonchev–Trinajstić information content (AvgIpc) is 3.10. The average molecular weight is 407 g/mol. The second kappa shape index (κ2) is 8.21. The van der Waals surface area contributed by atoms with Gasteiger partial charge in [0.25, 0.3) is 0 Å². The molecule has 0 aromatic heterocycles. The fourth-order valence-corrected chi connectivity index (χ4v) is 7.60. The molecular formula is C24H26O4Si. The molecule has 0 bridgehead atoms. The first-order valence-corrected chi connectivity index (χ1v) is 12.1. The number of hydrogen-bond acceptors (Lipinski definition) is 4. The first-order valence-electron chi connectivity index (χ1n) is 9.55. The Morgan fingerprint density at radius 1 is 0.897 bits per heavy atom. The lowest BCUT2D eigenvalue weighted by Crippen LogP contribution is -2.54. The van der Waals surface area contributed by atoms with Crippen LogP contribution in [-0.4, -0.2) is 34.2 Å². The predicted octanol–water partition coefficient (Wildman–Crippen LogP) is 3.03. The highest BCUT2D eigenvalue weighted by atomic mass is 28.3. The monoisotopic (exact) mass is 406 g/mol.